The normalized spacial score (nSPS) is 20.3. The Kier molecular flexibility index (Phi) is 4.84. The summed E-state index contributed by atoms with van der Waals surface area (Å²) >= 11 is 1.53. The molecular formula is C19H18O3S. The van der Waals surface area contributed by atoms with Crippen LogP contribution in [0.3, 0.4) is 0 Å². The summed E-state index contributed by atoms with van der Waals surface area (Å²) < 4.78 is 4.91. The first kappa shape index (κ1) is 15.8. The minimum Gasteiger partial charge on any atom is -0.468 e. The number of hydrogen-bond donors (Lipinski definition) is 1. The Hall–Kier alpha value is -2.04. The number of aliphatic hydroxyl groups excluding tert-OH is 1. The SMILES string of the molecule is COC(=O)C1C(=C(c2ccccc2)c2ccccc2)SCC1O. The Morgan fingerprint density at radius 1 is 1.04 bits per heavy atom. The van der Waals surface area contributed by atoms with Crippen molar-refractivity contribution in [3.05, 3.63) is 76.7 Å². The Bertz CT molecular complexity index is 668. The molecule has 23 heavy (non-hydrogen) atoms. The average molecular weight is 326 g/mol. The zero-order valence-electron chi connectivity index (χ0n) is 12.8. The van der Waals surface area contributed by atoms with Crippen LogP contribution < -0.4 is 0 Å². The number of carbonyl (C=O) groups is 1. The van der Waals surface area contributed by atoms with E-state index in [1.807, 2.05) is 60.7 Å². The highest BCUT2D eigenvalue weighted by molar-refractivity contribution is 8.03. The number of methoxy groups -OCH3 is 1. The van der Waals surface area contributed by atoms with E-state index in [1.54, 1.807) is 0 Å². The maximum Gasteiger partial charge on any atom is 0.316 e. The highest BCUT2D eigenvalue weighted by Gasteiger charge is 2.39. The first-order valence-corrected chi connectivity index (χ1v) is 8.44. The van der Waals surface area contributed by atoms with Crippen molar-refractivity contribution in [2.45, 2.75) is 6.10 Å². The molecule has 1 fully saturated rings. The molecular weight excluding hydrogens is 308 g/mol. The van der Waals surface area contributed by atoms with Gasteiger partial charge in [0.2, 0.25) is 0 Å². The lowest BCUT2D eigenvalue weighted by molar-refractivity contribution is -0.146. The van der Waals surface area contributed by atoms with Crippen LogP contribution >= 0.6 is 11.8 Å². The van der Waals surface area contributed by atoms with Crippen molar-refractivity contribution >= 4 is 23.3 Å². The number of esters is 1. The van der Waals surface area contributed by atoms with E-state index in [0.717, 1.165) is 21.6 Å². The van der Waals surface area contributed by atoms with Gasteiger partial charge in [-0.25, -0.2) is 0 Å². The summed E-state index contributed by atoms with van der Waals surface area (Å²) in [5.74, 6) is -0.514. The lowest BCUT2D eigenvalue weighted by Gasteiger charge is -2.18. The molecule has 0 bridgehead atoms. The molecule has 2 aromatic carbocycles. The fourth-order valence-electron chi connectivity index (χ4n) is 2.82. The fraction of sp³-hybridized carbons (Fsp3) is 0.211. The van der Waals surface area contributed by atoms with Crippen LogP contribution in [0, 0.1) is 5.92 Å². The van der Waals surface area contributed by atoms with Crippen molar-refractivity contribution in [1.29, 1.82) is 0 Å². The second-order valence-electron chi connectivity index (χ2n) is 5.35. The quantitative estimate of drug-likeness (QED) is 0.879. The highest BCUT2D eigenvalue weighted by Crippen LogP contribution is 2.44. The van der Waals surface area contributed by atoms with Crippen molar-refractivity contribution in [3.8, 4) is 0 Å². The molecule has 0 aromatic heterocycles. The molecule has 3 nitrogen and oxygen atoms in total. The molecule has 0 saturated carbocycles. The monoisotopic (exact) mass is 326 g/mol. The number of ether oxygens (including phenoxy) is 1. The molecule has 2 atom stereocenters. The number of rotatable bonds is 3. The molecule has 0 amide bonds. The zero-order chi connectivity index (χ0) is 16.2. The lowest BCUT2D eigenvalue weighted by Crippen LogP contribution is -2.27. The average Bonchev–Trinajstić information content (AvgIpc) is 2.98. The maximum absolute atomic E-state index is 12.2. The number of thioether (sulfide) groups is 1. The van der Waals surface area contributed by atoms with Gasteiger partial charge >= 0.3 is 5.97 Å². The third-order valence-electron chi connectivity index (χ3n) is 3.90. The number of carbonyl (C=O) groups excluding carboxylic acids is 1. The molecule has 0 spiro atoms. The van der Waals surface area contributed by atoms with Crippen molar-refractivity contribution in [2.75, 3.05) is 12.9 Å². The molecule has 4 heteroatoms. The standard InChI is InChI=1S/C19H18O3S/c1-22-19(21)17-15(20)12-23-18(17)16(13-8-4-2-5-9-13)14-10-6-3-7-11-14/h2-11,15,17,20H,12H2,1H3. The van der Waals surface area contributed by atoms with Crippen molar-refractivity contribution in [1.82, 2.24) is 0 Å². The van der Waals surface area contributed by atoms with E-state index in [2.05, 4.69) is 0 Å². The van der Waals surface area contributed by atoms with Crippen molar-refractivity contribution < 1.29 is 14.6 Å². The molecule has 1 N–H and O–H groups in total. The molecule has 1 aliphatic heterocycles. The van der Waals surface area contributed by atoms with Crippen LogP contribution in [0.15, 0.2) is 65.6 Å². The van der Waals surface area contributed by atoms with Crippen LogP contribution in [-0.4, -0.2) is 30.0 Å². The summed E-state index contributed by atoms with van der Waals surface area (Å²) in [6.45, 7) is 0. The molecule has 0 aliphatic carbocycles. The van der Waals surface area contributed by atoms with Gasteiger partial charge in [-0.1, -0.05) is 60.7 Å². The van der Waals surface area contributed by atoms with Crippen LogP contribution in [0.2, 0.25) is 0 Å². The van der Waals surface area contributed by atoms with E-state index < -0.39 is 12.0 Å². The molecule has 3 rings (SSSR count). The van der Waals surface area contributed by atoms with E-state index in [1.165, 1.54) is 18.9 Å². The molecule has 1 aliphatic rings. The summed E-state index contributed by atoms with van der Waals surface area (Å²) in [5, 5.41) is 10.2. The molecule has 2 aromatic rings. The van der Waals surface area contributed by atoms with Crippen LogP contribution in [0.4, 0.5) is 0 Å². The third-order valence-corrected chi connectivity index (χ3v) is 5.18. The largest absolute Gasteiger partial charge is 0.468 e. The van der Waals surface area contributed by atoms with Crippen LogP contribution in [0.25, 0.3) is 5.57 Å². The van der Waals surface area contributed by atoms with Crippen molar-refractivity contribution in [2.24, 2.45) is 5.92 Å². The minimum absolute atomic E-state index is 0.387. The van der Waals surface area contributed by atoms with Gasteiger partial charge in [0.05, 0.1) is 13.2 Å². The number of benzene rings is 2. The number of aliphatic hydroxyl groups is 1. The minimum atomic E-state index is -0.718. The Labute approximate surface area is 140 Å². The molecule has 0 radical (unpaired) electrons. The smallest absolute Gasteiger partial charge is 0.316 e. The van der Waals surface area contributed by atoms with Gasteiger partial charge < -0.3 is 9.84 Å². The molecule has 2 unspecified atom stereocenters. The summed E-state index contributed by atoms with van der Waals surface area (Å²) in [5.41, 5.74) is 3.05. The van der Waals surface area contributed by atoms with Crippen LogP contribution in [0.1, 0.15) is 11.1 Å². The van der Waals surface area contributed by atoms with Gasteiger partial charge in [-0.3, -0.25) is 4.79 Å². The second-order valence-corrected chi connectivity index (χ2v) is 6.41. The Morgan fingerprint density at radius 3 is 2.04 bits per heavy atom. The summed E-state index contributed by atoms with van der Waals surface area (Å²) in [6.07, 6.45) is -0.718. The Morgan fingerprint density at radius 2 is 1.57 bits per heavy atom. The van der Waals surface area contributed by atoms with Gasteiger partial charge in [0, 0.05) is 10.7 Å². The zero-order valence-corrected chi connectivity index (χ0v) is 13.6. The summed E-state index contributed by atoms with van der Waals surface area (Å²) in [7, 11) is 1.36. The topological polar surface area (TPSA) is 46.5 Å². The van der Waals surface area contributed by atoms with Gasteiger partial charge in [0.25, 0.3) is 0 Å². The van der Waals surface area contributed by atoms with E-state index in [9.17, 15) is 9.90 Å². The van der Waals surface area contributed by atoms with Gasteiger partial charge in [0.1, 0.15) is 5.92 Å². The molecule has 118 valence electrons. The van der Waals surface area contributed by atoms with Gasteiger partial charge in [-0.15, -0.1) is 11.8 Å². The summed E-state index contributed by atoms with van der Waals surface area (Å²) in [4.78, 5) is 13.0. The number of hydrogen-bond acceptors (Lipinski definition) is 4. The van der Waals surface area contributed by atoms with E-state index >= 15 is 0 Å². The first-order valence-electron chi connectivity index (χ1n) is 7.46. The fourth-order valence-corrected chi connectivity index (χ4v) is 4.17. The van der Waals surface area contributed by atoms with E-state index in [0.29, 0.717) is 5.75 Å². The molecule has 1 saturated heterocycles. The van der Waals surface area contributed by atoms with Crippen LogP contribution in [0.5, 0.6) is 0 Å². The van der Waals surface area contributed by atoms with E-state index in [-0.39, 0.29) is 5.97 Å². The third kappa shape index (κ3) is 3.19. The van der Waals surface area contributed by atoms with Gasteiger partial charge in [-0.05, 0) is 16.7 Å². The maximum atomic E-state index is 12.2. The predicted molar refractivity (Wildman–Crippen MR) is 92.9 cm³/mol. The summed E-state index contributed by atoms with van der Waals surface area (Å²) in [6, 6.07) is 19.9. The van der Waals surface area contributed by atoms with Crippen molar-refractivity contribution in [3.63, 3.8) is 0 Å². The lowest BCUT2D eigenvalue weighted by atomic mass is 9.92. The second kappa shape index (κ2) is 7.02. The molecule has 1 heterocycles. The van der Waals surface area contributed by atoms with E-state index in [4.69, 9.17) is 4.74 Å². The first-order chi connectivity index (χ1) is 11.2. The predicted octanol–water partition coefficient (Wildman–Crippen LogP) is 3.34. The Balaban J connectivity index is 2.20. The van der Waals surface area contributed by atoms with Gasteiger partial charge in [0.15, 0.2) is 0 Å². The highest BCUT2D eigenvalue weighted by atomic mass is 32.2. The van der Waals surface area contributed by atoms with Gasteiger partial charge in [-0.2, -0.15) is 0 Å². The van der Waals surface area contributed by atoms with Crippen LogP contribution in [-0.2, 0) is 9.53 Å².